The van der Waals surface area contributed by atoms with Gasteiger partial charge in [0.1, 0.15) is 17.2 Å². The van der Waals surface area contributed by atoms with Crippen LogP contribution in [0.2, 0.25) is 0 Å². The fraction of sp³-hybridized carbons (Fsp3) is 0.105. The van der Waals surface area contributed by atoms with Crippen molar-refractivity contribution in [2.75, 3.05) is 7.11 Å². The van der Waals surface area contributed by atoms with E-state index in [1.807, 2.05) is 36.5 Å². The lowest BCUT2D eigenvalue weighted by Gasteiger charge is -2.02. The van der Waals surface area contributed by atoms with Gasteiger partial charge in [-0.25, -0.2) is 0 Å². The van der Waals surface area contributed by atoms with Crippen LogP contribution in [0.3, 0.4) is 0 Å². The monoisotopic (exact) mass is 382 g/mol. The lowest BCUT2D eigenvalue weighted by molar-refractivity contribution is 0.392. The van der Waals surface area contributed by atoms with Gasteiger partial charge in [0.2, 0.25) is 0 Å². The number of rotatable bonds is 4. The summed E-state index contributed by atoms with van der Waals surface area (Å²) >= 11 is 3.56. The Hall–Kier alpha value is -2.53. The zero-order chi connectivity index (χ0) is 16.5. The largest absolute Gasteiger partial charge is 0.497 e. The van der Waals surface area contributed by atoms with E-state index in [0.717, 1.165) is 32.8 Å². The Kier molecular flexibility index (Phi) is 3.86. The van der Waals surface area contributed by atoms with Crippen LogP contribution >= 0.6 is 15.9 Å². The van der Waals surface area contributed by atoms with Crippen LogP contribution in [0, 0.1) is 0 Å². The summed E-state index contributed by atoms with van der Waals surface area (Å²) in [5.74, 6) is 1.65. The fourth-order valence-electron chi connectivity index (χ4n) is 2.83. The number of benzene rings is 2. The molecule has 4 aromatic rings. The topological polar surface area (TPSA) is 51.0 Å². The second-order valence-corrected chi connectivity index (χ2v) is 6.51. The average Bonchev–Trinajstić information content (AvgIpc) is 3.24. The zero-order valence-corrected chi connectivity index (χ0v) is 14.6. The molecule has 4 rings (SSSR count). The van der Waals surface area contributed by atoms with Gasteiger partial charge in [-0.3, -0.25) is 0 Å². The van der Waals surface area contributed by atoms with Crippen LogP contribution in [0.1, 0.15) is 11.3 Å². The number of hydrogen-bond donors (Lipinski definition) is 1. The Labute approximate surface area is 147 Å². The number of halogens is 1. The molecule has 0 aliphatic rings. The third-order valence-electron chi connectivity index (χ3n) is 4.02. The Morgan fingerprint density at radius 2 is 1.96 bits per heavy atom. The SMILES string of the molecule is COc1ccc(-c2cc(Cc3cc(Br)cc4cc[nH]c34)on2)cc1. The molecule has 2 aromatic carbocycles. The minimum Gasteiger partial charge on any atom is -0.497 e. The van der Waals surface area contributed by atoms with Gasteiger partial charge in [-0.2, -0.15) is 0 Å². The Morgan fingerprint density at radius 3 is 2.75 bits per heavy atom. The summed E-state index contributed by atoms with van der Waals surface area (Å²) in [5.41, 5.74) is 4.12. The van der Waals surface area contributed by atoms with Crippen molar-refractivity contribution in [2.45, 2.75) is 6.42 Å². The van der Waals surface area contributed by atoms with E-state index in [9.17, 15) is 0 Å². The summed E-state index contributed by atoms with van der Waals surface area (Å²) in [4.78, 5) is 3.29. The number of hydrogen-bond acceptors (Lipinski definition) is 3. The van der Waals surface area contributed by atoms with Crippen LogP contribution < -0.4 is 4.74 Å². The number of nitrogens with one attached hydrogen (secondary N) is 1. The van der Waals surface area contributed by atoms with E-state index >= 15 is 0 Å². The molecule has 2 heterocycles. The first-order chi connectivity index (χ1) is 11.7. The maximum Gasteiger partial charge on any atom is 0.141 e. The van der Waals surface area contributed by atoms with Gasteiger partial charge in [0.05, 0.1) is 7.11 Å². The number of H-pyrrole nitrogens is 1. The molecule has 2 aromatic heterocycles. The molecule has 120 valence electrons. The molecular weight excluding hydrogens is 368 g/mol. The lowest BCUT2D eigenvalue weighted by Crippen LogP contribution is -1.88. The van der Waals surface area contributed by atoms with Crippen molar-refractivity contribution in [1.82, 2.24) is 10.1 Å². The predicted molar refractivity (Wildman–Crippen MR) is 97.3 cm³/mol. The molecular formula is C19H15BrN2O2. The fourth-order valence-corrected chi connectivity index (χ4v) is 3.35. The van der Waals surface area contributed by atoms with Crippen molar-refractivity contribution in [3.05, 3.63) is 70.5 Å². The summed E-state index contributed by atoms with van der Waals surface area (Å²) in [7, 11) is 1.66. The minimum atomic E-state index is 0.680. The zero-order valence-electron chi connectivity index (χ0n) is 13.0. The molecule has 4 nitrogen and oxygen atoms in total. The highest BCUT2D eigenvalue weighted by Gasteiger charge is 2.11. The van der Waals surface area contributed by atoms with Crippen LogP contribution in [-0.4, -0.2) is 17.3 Å². The summed E-state index contributed by atoms with van der Waals surface area (Å²) in [6.07, 6.45) is 2.63. The van der Waals surface area contributed by atoms with E-state index in [1.54, 1.807) is 7.11 Å². The van der Waals surface area contributed by atoms with E-state index in [2.05, 4.69) is 44.3 Å². The van der Waals surface area contributed by atoms with E-state index in [0.29, 0.717) is 6.42 Å². The molecule has 0 saturated carbocycles. The first-order valence-electron chi connectivity index (χ1n) is 7.58. The van der Waals surface area contributed by atoms with Crippen molar-refractivity contribution in [3.8, 4) is 17.0 Å². The molecule has 0 radical (unpaired) electrons. The molecule has 0 aliphatic heterocycles. The number of ether oxygens (including phenoxy) is 1. The summed E-state index contributed by atoms with van der Waals surface area (Å²) in [6, 6.07) is 16.0. The maximum absolute atomic E-state index is 5.53. The highest BCUT2D eigenvalue weighted by molar-refractivity contribution is 9.10. The normalized spacial score (nSPS) is 11.1. The summed E-state index contributed by atoms with van der Waals surface area (Å²) < 4.78 is 11.8. The Morgan fingerprint density at radius 1 is 1.12 bits per heavy atom. The molecule has 0 atom stereocenters. The van der Waals surface area contributed by atoms with E-state index in [4.69, 9.17) is 9.26 Å². The second-order valence-electron chi connectivity index (χ2n) is 5.59. The van der Waals surface area contributed by atoms with Crippen molar-refractivity contribution in [3.63, 3.8) is 0 Å². The molecule has 0 saturated heterocycles. The van der Waals surface area contributed by atoms with E-state index in [-0.39, 0.29) is 0 Å². The number of nitrogens with zero attached hydrogens (tertiary/aromatic N) is 1. The maximum atomic E-state index is 5.53. The molecule has 1 N–H and O–H groups in total. The van der Waals surface area contributed by atoms with Crippen molar-refractivity contribution in [1.29, 1.82) is 0 Å². The van der Waals surface area contributed by atoms with Gasteiger partial charge in [0.25, 0.3) is 0 Å². The van der Waals surface area contributed by atoms with Gasteiger partial charge in [0, 0.05) is 39.6 Å². The van der Waals surface area contributed by atoms with Gasteiger partial charge in [0.15, 0.2) is 0 Å². The van der Waals surface area contributed by atoms with Crippen LogP contribution in [0.5, 0.6) is 5.75 Å². The molecule has 0 bridgehead atoms. The van der Waals surface area contributed by atoms with Gasteiger partial charge in [-0.15, -0.1) is 0 Å². The van der Waals surface area contributed by atoms with Crippen LogP contribution in [0.25, 0.3) is 22.2 Å². The highest BCUT2D eigenvalue weighted by Crippen LogP contribution is 2.27. The predicted octanol–water partition coefficient (Wildman–Crippen LogP) is 5.18. The molecule has 0 amide bonds. The number of methoxy groups -OCH3 is 1. The summed E-state index contributed by atoms with van der Waals surface area (Å²) in [6.45, 7) is 0. The minimum absolute atomic E-state index is 0.680. The quantitative estimate of drug-likeness (QED) is 0.528. The van der Waals surface area contributed by atoms with Crippen LogP contribution in [-0.2, 0) is 6.42 Å². The summed E-state index contributed by atoms with van der Waals surface area (Å²) in [5, 5.41) is 5.37. The van der Waals surface area contributed by atoms with Crippen molar-refractivity contribution in [2.24, 2.45) is 0 Å². The molecule has 0 spiro atoms. The van der Waals surface area contributed by atoms with Crippen LogP contribution in [0.15, 0.2) is 63.7 Å². The molecule has 24 heavy (non-hydrogen) atoms. The molecule has 0 aliphatic carbocycles. The van der Waals surface area contributed by atoms with Crippen molar-refractivity contribution >= 4 is 26.8 Å². The van der Waals surface area contributed by atoms with Gasteiger partial charge in [-0.05, 0) is 48.0 Å². The van der Waals surface area contributed by atoms with Gasteiger partial charge < -0.3 is 14.2 Å². The molecule has 0 unspecified atom stereocenters. The van der Waals surface area contributed by atoms with E-state index < -0.39 is 0 Å². The number of aromatic nitrogens is 2. The molecule has 5 heteroatoms. The van der Waals surface area contributed by atoms with Crippen molar-refractivity contribution < 1.29 is 9.26 Å². The average molecular weight is 383 g/mol. The highest BCUT2D eigenvalue weighted by atomic mass is 79.9. The smallest absolute Gasteiger partial charge is 0.141 e. The Bertz CT molecular complexity index is 986. The first kappa shape index (κ1) is 15.0. The standard InChI is InChI=1S/C19H15BrN2O2/c1-23-16-4-2-12(3-5-16)18-11-17(24-22-18)10-14-9-15(20)8-13-6-7-21-19(13)14/h2-9,11,21H,10H2,1H3. The van der Waals surface area contributed by atoms with Crippen LogP contribution in [0.4, 0.5) is 0 Å². The number of aromatic amines is 1. The number of fused-ring (bicyclic) bond motifs is 1. The lowest BCUT2D eigenvalue weighted by atomic mass is 10.1. The third kappa shape index (κ3) is 2.83. The molecule has 0 fully saturated rings. The third-order valence-corrected chi connectivity index (χ3v) is 4.47. The first-order valence-corrected chi connectivity index (χ1v) is 8.38. The van der Waals surface area contributed by atoms with Gasteiger partial charge >= 0.3 is 0 Å². The van der Waals surface area contributed by atoms with E-state index in [1.165, 1.54) is 10.9 Å². The Balaban J connectivity index is 1.63. The van der Waals surface area contributed by atoms with Gasteiger partial charge in [-0.1, -0.05) is 21.1 Å². The second kappa shape index (κ2) is 6.17.